The maximum Gasteiger partial charge on any atom is 0.330 e. The second-order valence-corrected chi connectivity index (χ2v) is 5.91. The van der Waals surface area contributed by atoms with Gasteiger partial charge in [-0.15, -0.1) is 0 Å². The Kier molecular flexibility index (Phi) is 5.59. The van der Waals surface area contributed by atoms with E-state index in [0.717, 1.165) is 24.6 Å². The average Bonchev–Trinajstić information content (AvgIpc) is 2.50. The third-order valence-electron chi connectivity index (χ3n) is 3.73. The van der Waals surface area contributed by atoms with E-state index in [1.165, 1.54) is 6.92 Å². The first-order chi connectivity index (χ1) is 12.0. The summed E-state index contributed by atoms with van der Waals surface area (Å²) >= 11 is 0. The van der Waals surface area contributed by atoms with E-state index in [4.69, 9.17) is 9.47 Å². The number of hydrogen-bond acceptors (Lipinski definition) is 7. The standard InChI is InChI=1S/C15H18F2N2O7/c1-7-5-19(14(23)18-13(7)22)11-4-15(16,17)12(25-9(3)21)10(26-11)6-24-8(2)20/h5,10-12H,4,6H2,1-3H3,(H,18,22,23)/t10-,11+,12-/m1/s1. The number of aryl methyl sites for hydroxylation is 1. The second-order valence-electron chi connectivity index (χ2n) is 5.91. The van der Waals surface area contributed by atoms with Gasteiger partial charge in [-0.1, -0.05) is 0 Å². The van der Waals surface area contributed by atoms with Crippen LogP contribution in [-0.2, 0) is 23.8 Å². The lowest BCUT2D eigenvalue weighted by atomic mass is 9.99. The zero-order chi connectivity index (χ0) is 19.6. The molecule has 0 amide bonds. The fourth-order valence-electron chi connectivity index (χ4n) is 2.57. The number of nitrogens with one attached hydrogen (secondary N) is 1. The maximum absolute atomic E-state index is 14.6. The monoisotopic (exact) mass is 376 g/mol. The molecule has 144 valence electrons. The van der Waals surface area contributed by atoms with Crippen LogP contribution in [0, 0.1) is 6.92 Å². The van der Waals surface area contributed by atoms with Gasteiger partial charge in [0, 0.05) is 25.6 Å². The number of ether oxygens (including phenoxy) is 3. The molecule has 0 unspecified atom stereocenters. The molecule has 26 heavy (non-hydrogen) atoms. The highest BCUT2D eigenvalue weighted by molar-refractivity contribution is 5.66. The fourth-order valence-corrected chi connectivity index (χ4v) is 2.57. The number of carbonyl (C=O) groups is 2. The molecule has 0 aliphatic carbocycles. The Morgan fingerprint density at radius 2 is 2.00 bits per heavy atom. The van der Waals surface area contributed by atoms with Crippen LogP contribution in [0.3, 0.4) is 0 Å². The molecule has 0 radical (unpaired) electrons. The Hall–Kier alpha value is -2.56. The molecule has 0 bridgehead atoms. The summed E-state index contributed by atoms with van der Waals surface area (Å²) in [5, 5.41) is 0. The fraction of sp³-hybridized carbons (Fsp3) is 0.600. The van der Waals surface area contributed by atoms with Crippen LogP contribution < -0.4 is 11.2 Å². The van der Waals surface area contributed by atoms with Crippen molar-refractivity contribution in [3.63, 3.8) is 0 Å². The van der Waals surface area contributed by atoms with Crippen molar-refractivity contribution in [3.8, 4) is 0 Å². The van der Waals surface area contributed by atoms with Crippen LogP contribution in [0.15, 0.2) is 15.8 Å². The van der Waals surface area contributed by atoms with Crippen molar-refractivity contribution in [1.82, 2.24) is 9.55 Å². The number of esters is 2. The normalized spacial score (nSPS) is 24.7. The van der Waals surface area contributed by atoms with Gasteiger partial charge in [-0.3, -0.25) is 23.9 Å². The molecule has 1 aromatic rings. The van der Waals surface area contributed by atoms with Crippen LogP contribution >= 0.6 is 0 Å². The SMILES string of the molecule is CC(=O)OC[C@H]1O[C@H](n2cc(C)c(=O)[nH]c2=O)CC(F)(F)[C@@H]1OC(C)=O. The molecule has 1 aliphatic rings. The molecule has 0 spiro atoms. The third-order valence-corrected chi connectivity index (χ3v) is 3.73. The lowest BCUT2D eigenvalue weighted by Gasteiger charge is -2.40. The summed E-state index contributed by atoms with van der Waals surface area (Å²) in [5.41, 5.74) is -1.46. The lowest BCUT2D eigenvalue weighted by molar-refractivity contribution is -0.267. The summed E-state index contributed by atoms with van der Waals surface area (Å²) in [6.45, 7) is 2.83. The first-order valence-electron chi connectivity index (χ1n) is 7.67. The minimum absolute atomic E-state index is 0.121. The van der Waals surface area contributed by atoms with Gasteiger partial charge in [0.2, 0.25) is 0 Å². The zero-order valence-corrected chi connectivity index (χ0v) is 14.3. The minimum Gasteiger partial charge on any atom is -0.463 e. The van der Waals surface area contributed by atoms with E-state index in [1.54, 1.807) is 0 Å². The molecule has 1 saturated heterocycles. The molecule has 0 aromatic carbocycles. The molecule has 9 nitrogen and oxygen atoms in total. The third kappa shape index (κ3) is 4.34. The summed E-state index contributed by atoms with van der Waals surface area (Å²) in [6.07, 6.45) is -4.84. The Balaban J connectivity index is 2.38. The van der Waals surface area contributed by atoms with Gasteiger partial charge < -0.3 is 14.2 Å². The van der Waals surface area contributed by atoms with Crippen molar-refractivity contribution in [2.45, 2.75) is 51.6 Å². The zero-order valence-electron chi connectivity index (χ0n) is 14.3. The van der Waals surface area contributed by atoms with Crippen molar-refractivity contribution in [3.05, 3.63) is 32.6 Å². The number of aromatic nitrogens is 2. The minimum atomic E-state index is -3.57. The Morgan fingerprint density at radius 3 is 2.58 bits per heavy atom. The summed E-state index contributed by atoms with van der Waals surface area (Å²) in [4.78, 5) is 47.5. The van der Waals surface area contributed by atoms with E-state index in [2.05, 4.69) is 4.74 Å². The molecule has 1 fully saturated rings. The van der Waals surface area contributed by atoms with Gasteiger partial charge in [0.25, 0.3) is 11.5 Å². The van der Waals surface area contributed by atoms with E-state index in [-0.39, 0.29) is 5.56 Å². The van der Waals surface area contributed by atoms with Crippen molar-refractivity contribution >= 4 is 11.9 Å². The van der Waals surface area contributed by atoms with E-state index in [0.29, 0.717) is 0 Å². The number of hydrogen-bond donors (Lipinski definition) is 1. The molecule has 1 aromatic heterocycles. The quantitative estimate of drug-likeness (QED) is 0.749. The molecule has 0 saturated carbocycles. The van der Waals surface area contributed by atoms with Gasteiger partial charge in [-0.05, 0) is 6.92 Å². The van der Waals surface area contributed by atoms with E-state index < -0.39 is 60.6 Å². The molecular formula is C15H18F2N2O7. The highest BCUT2D eigenvalue weighted by Gasteiger charge is 2.54. The van der Waals surface area contributed by atoms with E-state index in [9.17, 15) is 28.0 Å². The van der Waals surface area contributed by atoms with Crippen LogP contribution in [-0.4, -0.2) is 46.2 Å². The first kappa shape index (κ1) is 19.8. The van der Waals surface area contributed by atoms with Crippen LogP contribution in [0.4, 0.5) is 8.78 Å². The number of H-pyrrole nitrogens is 1. The average molecular weight is 376 g/mol. The highest BCUT2D eigenvalue weighted by Crippen LogP contribution is 2.40. The molecular weight excluding hydrogens is 358 g/mol. The van der Waals surface area contributed by atoms with E-state index in [1.807, 2.05) is 4.98 Å². The summed E-state index contributed by atoms with van der Waals surface area (Å²) in [7, 11) is 0. The van der Waals surface area contributed by atoms with Gasteiger partial charge in [0.15, 0.2) is 6.10 Å². The van der Waals surface area contributed by atoms with Crippen LogP contribution in [0.5, 0.6) is 0 Å². The largest absolute Gasteiger partial charge is 0.463 e. The Labute approximate surface area is 145 Å². The number of aromatic amines is 1. The maximum atomic E-state index is 14.6. The lowest BCUT2D eigenvalue weighted by Crippen LogP contribution is -2.56. The van der Waals surface area contributed by atoms with Crippen molar-refractivity contribution < 1.29 is 32.6 Å². The van der Waals surface area contributed by atoms with Gasteiger partial charge in [-0.2, -0.15) is 0 Å². The molecule has 2 heterocycles. The smallest absolute Gasteiger partial charge is 0.330 e. The van der Waals surface area contributed by atoms with Crippen LogP contribution in [0.1, 0.15) is 32.1 Å². The number of halogens is 2. The van der Waals surface area contributed by atoms with E-state index >= 15 is 0 Å². The van der Waals surface area contributed by atoms with Crippen LogP contribution in [0.2, 0.25) is 0 Å². The van der Waals surface area contributed by atoms with Crippen molar-refractivity contribution in [2.24, 2.45) is 0 Å². The molecule has 2 rings (SSSR count). The topological polar surface area (TPSA) is 117 Å². The Morgan fingerprint density at radius 1 is 1.35 bits per heavy atom. The summed E-state index contributed by atoms with van der Waals surface area (Å²) in [6, 6.07) is 0. The summed E-state index contributed by atoms with van der Waals surface area (Å²) in [5.74, 6) is -5.26. The molecule has 3 atom stereocenters. The predicted molar refractivity (Wildman–Crippen MR) is 81.7 cm³/mol. The van der Waals surface area contributed by atoms with Gasteiger partial charge in [-0.25, -0.2) is 13.6 Å². The number of carbonyl (C=O) groups excluding carboxylic acids is 2. The van der Waals surface area contributed by atoms with Gasteiger partial charge >= 0.3 is 17.6 Å². The van der Waals surface area contributed by atoms with Crippen LogP contribution in [0.25, 0.3) is 0 Å². The van der Waals surface area contributed by atoms with Gasteiger partial charge in [0.05, 0.1) is 6.42 Å². The number of alkyl halides is 2. The first-order valence-corrected chi connectivity index (χ1v) is 7.67. The Bertz CT molecular complexity index is 817. The highest BCUT2D eigenvalue weighted by atomic mass is 19.3. The van der Waals surface area contributed by atoms with Gasteiger partial charge in [0.1, 0.15) is 18.9 Å². The van der Waals surface area contributed by atoms with Crippen molar-refractivity contribution in [1.29, 1.82) is 0 Å². The van der Waals surface area contributed by atoms with Crippen molar-refractivity contribution in [2.75, 3.05) is 6.61 Å². The summed E-state index contributed by atoms with van der Waals surface area (Å²) < 4.78 is 44.8. The molecule has 1 aliphatic heterocycles. The molecule has 1 N–H and O–H groups in total. The number of rotatable bonds is 4. The second kappa shape index (κ2) is 7.36. The number of nitrogens with zero attached hydrogens (tertiary/aromatic N) is 1. The predicted octanol–water partition coefficient (Wildman–Crippen LogP) is 0.263. The molecule has 11 heteroatoms.